The molecule has 104 valence electrons. The van der Waals surface area contributed by atoms with Crippen LogP contribution in [-0.2, 0) is 11.2 Å². The van der Waals surface area contributed by atoms with Gasteiger partial charge in [-0.25, -0.2) is 0 Å². The summed E-state index contributed by atoms with van der Waals surface area (Å²) in [6, 6.07) is 8.24. The van der Waals surface area contributed by atoms with Crippen molar-refractivity contribution in [2.75, 3.05) is 0 Å². The number of nitrogens with one attached hydrogen (secondary N) is 2. The average Bonchev–Trinajstić information content (AvgIpc) is 3.22. The molecule has 1 aromatic carbocycles. The Morgan fingerprint density at radius 3 is 2.90 bits per heavy atom. The van der Waals surface area contributed by atoms with Crippen LogP contribution in [0.15, 0.2) is 29.1 Å². The number of rotatable bonds is 4. The van der Waals surface area contributed by atoms with E-state index in [1.54, 1.807) is 6.92 Å². The third-order valence-corrected chi connectivity index (χ3v) is 3.68. The molecule has 1 saturated carbocycles. The van der Waals surface area contributed by atoms with E-state index in [-0.39, 0.29) is 11.5 Å². The Hall–Kier alpha value is -2.10. The quantitative estimate of drug-likeness (QED) is 0.893. The van der Waals surface area contributed by atoms with Crippen LogP contribution in [-0.4, -0.2) is 16.9 Å². The molecule has 4 nitrogen and oxygen atoms in total. The van der Waals surface area contributed by atoms with Gasteiger partial charge in [-0.15, -0.1) is 0 Å². The molecule has 4 heteroatoms. The molecule has 2 aromatic rings. The first-order valence-corrected chi connectivity index (χ1v) is 7.04. The van der Waals surface area contributed by atoms with Crippen LogP contribution in [0.2, 0.25) is 0 Å². The van der Waals surface area contributed by atoms with Gasteiger partial charge in [0.15, 0.2) is 0 Å². The van der Waals surface area contributed by atoms with E-state index in [0.29, 0.717) is 18.0 Å². The van der Waals surface area contributed by atoms with Crippen LogP contribution in [0.1, 0.15) is 30.4 Å². The van der Waals surface area contributed by atoms with Crippen molar-refractivity contribution in [2.45, 2.75) is 38.6 Å². The van der Waals surface area contributed by atoms with Crippen LogP contribution >= 0.6 is 0 Å². The van der Waals surface area contributed by atoms with Crippen LogP contribution in [0.5, 0.6) is 0 Å². The minimum Gasteiger partial charge on any atom is -0.353 e. The van der Waals surface area contributed by atoms with Crippen LogP contribution in [0.3, 0.4) is 0 Å². The summed E-state index contributed by atoms with van der Waals surface area (Å²) in [5.74, 6) is 0.130. The fraction of sp³-hybridized carbons (Fsp3) is 0.375. The smallest absolute Gasteiger partial charge is 0.251 e. The van der Waals surface area contributed by atoms with Gasteiger partial charge in [0.05, 0.1) is 0 Å². The zero-order valence-electron chi connectivity index (χ0n) is 11.5. The van der Waals surface area contributed by atoms with Gasteiger partial charge >= 0.3 is 0 Å². The van der Waals surface area contributed by atoms with Crippen LogP contribution in [0.4, 0.5) is 0 Å². The molecule has 0 unspecified atom stereocenters. The maximum absolute atomic E-state index is 11.7. The fourth-order valence-electron chi connectivity index (χ4n) is 2.31. The zero-order valence-corrected chi connectivity index (χ0v) is 11.5. The second-order valence-electron chi connectivity index (χ2n) is 5.54. The molecule has 0 saturated heterocycles. The second-order valence-corrected chi connectivity index (χ2v) is 5.54. The Balaban J connectivity index is 1.73. The highest BCUT2D eigenvalue weighted by Gasteiger charge is 2.22. The van der Waals surface area contributed by atoms with E-state index in [2.05, 4.69) is 10.3 Å². The number of carbonyl (C=O) groups is 1. The standard InChI is InChI=1S/C16H18N2O2/c1-10-8-12-9-11(2-6-14(12)18-16(10)20)3-7-15(19)17-13-4-5-13/h2,6,8-9,13H,3-5,7H2,1H3,(H,17,19)(H,18,20). The Kier molecular flexibility index (Phi) is 3.30. The van der Waals surface area contributed by atoms with E-state index in [9.17, 15) is 9.59 Å². The number of pyridine rings is 1. The zero-order chi connectivity index (χ0) is 14.1. The van der Waals surface area contributed by atoms with Crippen LogP contribution in [0, 0.1) is 6.92 Å². The number of benzene rings is 1. The molecule has 2 N–H and O–H groups in total. The number of fused-ring (bicyclic) bond motifs is 1. The molecule has 1 heterocycles. The summed E-state index contributed by atoms with van der Waals surface area (Å²) in [6.45, 7) is 1.80. The van der Waals surface area contributed by atoms with Crippen LogP contribution in [0.25, 0.3) is 10.9 Å². The van der Waals surface area contributed by atoms with Gasteiger partial charge in [0.1, 0.15) is 0 Å². The maximum Gasteiger partial charge on any atom is 0.251 e. The van der Waals surface area contributed by atoms with Gasteiger partial charge in [-0.05, 0) is 55.3 Å². The lowest BCUT2D eigenvalue weighted by atomic mass is 10.1. The molecule has 0 atom stereocenters. The molecule has 1 aliphatic carbocycles. The van der Waals surface area contributed by atoms with Crippen molar-refractivity contribution in [3.63, 3.8) is 0 Å². The maximum atomic E-state index is 11.7. The van der Waals surface area contributed by atoms with Gasteiger partial charge in [0.2, 0.25) is 5.91 Å². The lowest BCUT2D eigenvalue weighted by molar-refractivity contribution is -0.121. The first-order valence-electron chi connectivity index (χ1n) is 7.04. The number of H-pyrrole nitrogens is 1. The summed E-state index contributed by atoms with van der Waals surface area (Å²) >= 11 is 0. The van der Waals surface area contributed by atoms with Gasteiger partial charge in [0.25, 0.3) is 5.56 Å². The lowest BCUT2D eigenvalue weighted by Gasteiger charge is -2.05. The molecule has 1 aromatic heterocycles. The molecule has 0 aliphatic heterocycles. The van der Waals surface area contributed by atoms with Crippen molar-refractivity contribution in [1.29, 1.82) is 0 Å². The topological polar surface area (TPSA) is 62.0 Å². The Morgan fingerprint density at radius 1 is 1.35 bits per heavy atom. The Labute approximate surface area is 117 Å². The third kappa shape index (κ3) is 2.90. The fourth-order valence-corrected chi connectivity index (χ4v) is 2.31. The first-order chi connectivity index (χ1) is 9.61. The van der Waals surface area contributed by atoms with E-state index in [1.807, 2.05) is 24.3 Å². The molecular weight excluding hydrogens is 252 g/mol. The third-order valence-electron chi connectivity index (χ3n) is 3.68. The minimum atomic E-state index is -0.0472. The first kappa shape index (κ1) is 12.9. The summed E-state index contributed by atoms with van der Waals surface area (Å²) in [7, 11) is 0. The Morgan fingerprint density at radius 2 is 2.15 bits per heavy atom. The number of carbonyl (C=O) groups excluding carboxylic acids is 1. The molecule has 1 aliphatic rings. The van der Waals surface area contributed by atoms with E-state index >= 15 is 0 Å². The molecular formula is C16H18N2O2. The minimum absolute atomic E-state index is 0.0472. The lowest BCUT2D eigenvalue weighted by Crippen LogP contribution is -2.25. The molecule has 20 heavy (non-hydrogen) atoms. The molecule has 3 rings (SSSR count). The normalized spacial score (nSPS) is 14.4. The monoisotopic (exact) mass is 270 g/mol. The average molecular weight is 270 g/mol. The Bertz CT molecular complexity index is 714. The van der Waals surface area contributed by atoms with E-state index in [1.165, 1.54) is 0 Å². The van der Waals surface area contributed by atoms with Gasteiger partial charge in [0, 0.05) is 23.5 Å². The molecule has 0 radical (unpaired) electrons. The summed E-state index contributed by atoms with van der Waals surface area (Å²) in [6.07, 6.45) is 3.49. The van der Waals surface area contributed by atoms with E-state index in [0.717, 1.165) is 35.7 Å². The summed E-state index contributed by atoms with van der Waals surface area (Å²) in [4.78, 5) is 26.1. The molecule has 0 bridgehead atoms. The summed E-state index contributed by atoms with van der Waals surface area (Å²) in [5.41, 5.74) is 2.62. The highest BCUT2D eigenvalue weighted by atomic mass is 16.1. The highest BCUT2D eigenvalue weighted by molar-refractivity contribution is 5.80. The number of aromatic nitrogens is 1. The van der Waals surface area contributed by atoms with Gasteiger partial charge < -0.3 is 10.3 Å². The number of aryl methyl sites for hydroxylation is 2. The molecule has 0 spiro atoms. The number of aromatic amines is 1. The van der Waals surface area contributed by atoms with Gasteiger partial charge in [-0.1, -0.05) is 6.07 Å². The van der Waals surface area contributed by atoms with Gasteiger partial charge in [-0.2, -0.15) is 0 Å². The largest absolute Gasteiger partial charge is 0.353 e. The number of hydrogen-bond donors (Lipinski definition) is 2. The van der Waals surface area contributed by atoms with Crippen molar-refractivity contribution >= 4 is 16.8 Å². The van der Waals surface area contributed by atoms with Crippen molar-refractivity contribution in [3.05, 3.63) is 45.7 Å². The highest BCUT2D eigenvalue weighted by Crippen LogP contribution is 2.19. The van der Waals surface area contributed by atoms with Crippen molar-refractivity contribution in [1.82, 2.24) is 10.3 Å². The van der Waals surface area contributed by atoms with Gasteiger partial charge in [-0.3, -0.25) is 9.59 Å². The van der Waals surface area contributed by atoms with Crippen LogP contribution < -0.4 is 10.9 Å². The van der Waals surface area contributed by atoms with Crippen molar-refractivity contribution < 1.29 is 4.79 Å². The predicted octanol–water partition coefficient (Wildman–Crippen LogP) is 2.05. The summed E-state index contributed by atoms with van der Waals surface area (Å²) in [5, 5.41) is 4.01. The van der Waals surface area contributed by atoms with E-state index in [4.69, 9.17) is 0 Å². The number of amides is 1. The molecule has 1 fully saturated rings. The SMILES string of the molecule is Cc1cc2cc(CCC(=O)NC3CC3)ccc2[nH]c1=O. The second kappa shape index (κ2) is 5.12. The number of hydrogen-bond acceptors (Lipinski definition) is 2. The van der Waals surface area contributed by atoms with Crippen molar-refractivity contribution in [3.8, 4) is 0 Å². The van der Waals surface area contributed by atoms with Crippen molar-refractivity contribution in [2.24, 2.45) is 0 Å². The summed E-state index contributed by atoms with van der Waals surface area (Å²) < 4.78 is 0. The molecule has 1 amide bonds. The van der Waals surface area contributed by atoms with E-state index < -0.39 is 0 Å². The predicted molar refractivity (Wildman–Crippen MR) is 78.8 cm³/mol.